The van der Waals surface area contributed by atoms with Gasteiger partial charge >= 0.3 is 0 Å². The van der Waals surface area contributed by atoms with Crippen LogP contribution >= 0.6 is 0 Å². The van der Waals surface area contributed by atoms with Crippen molar-refractivity contribution in [2.75, 3.05) is 0 Å². The Morgan fingerprint density at radius 3 is 0.500 bits per heavy atom. The van der Waals surface area contributed by atoms with Crippen LogP contribution in [0.25, 0.3) is 0 Å². The minimum absolute atomic E-state index is 0. The summed E-state index contributed by atoms with van der Waals surface area (Å²) in [5.41, 5.74) is 0. The van der Waals surface area contributed by atoms with Gasteiger partial charge in [-0.1, -0.05) is 0 Å². The summed E-state index contributed by atoms with van der Waals surface area (Å²) >= 11 is 0. The first-order valence-electron chi connectivity index (χ1n) is 0.894. The number of hydrogen-bond acceptors (Lipinski definition) is 4. The van der Waals surface area contributed by atoms with Crippen LogP contribution in [0.15, 0.2) is 0 Å². The molecule has 0 unspecified atom stereocenters. The van der Waals surface area contributed by atoms with E-state index in [0.29, 0.717) is 0 Å². The van der Waals surface area contributed by atoms with Gasteiger partial charge in [0, 0.05) is 74.7 Å². The van der Waals surface area contributed by atoms with Crippen molar-refractivity contribution in [2.24, 2.45) is 0 Å². The molecule has 0 bridgehead atoms. The third kappa shape index (κ3) is 6500. The van der Waals surface area contributed by atoms with E-state index in [2.05, 4.69) is 0 Å². The Morgan fingerprint density at radius 2 is 0.500 bits per heavy atom. The normalized spacial score (nSPS) is 0.800. The Kier molecular flexibility index (Phi) is 45800. The van der Waals surface area contributed by atoms with Crippen molar-refractivity contribution in [1.29, 1.82) is 21.0 Å². The van der Waals surface area contributed by atoms with Crippen LogP contribution in [0.2, 0.25) is 0 Å². The largest absolute Gasteiger partial charge is 0.512 e. The quantitative estimate of drug-likeness (QED) is 0.445. The third-order valence-corrected chi connectivity index (χ3v) is 0. The summed E-state index contributed by atoms with van der Waals surface area (Å²) in [6.45, 7) is 19.0. The van der Waals surface area contributed by atoms with E-state index in [9.17, 15) is 0 Å². The van der Waals surface area contributed by atoms with E-state index in [0.717, 1.165) is 0 Å². The topological polar surface area (TPSA) is 95.2 Å². The molecule has 0 spiro atoms. The van der Waals surface area contributed by atoms with Crippen LogP contribution in [0, 0.1) is 47.3 Å². The molecule has 0 saturated carbocycles. The molecule has 0 heterocycles. The molecule has 0 aromatic rings. The van der Waals surface area contributed by atoms with Crippen molar-refractivity contribution < 1.29 is 16.5 Å². The number of rotatable bonds is 0. The smallest absolute Gasteiger partial charge is 0 e. The van der Waals surface area contributed by atoms with Crippen LogP contribution in [-0.4, -0.2) is 58.2 Å². The van der Waals surface area contributed by atoms with E-state index in [1.165, 1.54) is 0 Å². The second-order valence-corrected chi connectivity index (χ2v) is 0. The Labute approximate surface area is 120 Å². The number of nitrogens with zero attached hydrogens (tertiary/aromatic N) is 4. The van der Waals surface area contributed by atoms with Crippen LogP contribution in [0.5, 0.6) is 0 Å². The van der Waals surface area contributed by atoms with Crippen LogP contribution in [0.3, 0.4) is 0 Å². The minimum Gasteiger partial charge on any atom is -0.512 e. The standard InChI is InChI=1S/4CN.Ni.Rb/c4*1-2;;/q4*-1;;. The Bertz CT molecular complexity index is 60.2. The summed E-state index contributed by atoms with van der Waals surface area (Å²) in [7, 11) is 0. The fraction of sp³-hybridized carbons (Fsp3) is 0. The molecule has 0 aromatic heterocycles. The zero-order valence-corrected chi connectivity index (χ0v) is 11.0. The fourth-order valence-corrected chi connectivity index (χ4v) is 0. The van der Waals surface area contributed by atoms with E-state index in [1.807, 2.05) is 0 Å². The predicted molar refractivity (Wildman–Crippen MR) is 25.6 cm³/mol. The van der Waals surface area contributed by atoms with Gasteiger partial charge in [-0.2, -0.15) is 0 Å². The van der Waals surface area contributed by atoms with Crippen molar-refractivity contribution in [1.82, 2.24) is 0 Å². The molecule has 51 valence electrons. The summed E-state index contributed by atoms with van der Waals surface area (Å²) in [4.78, 5) is 0. The van der Waals surface area contributed by atoms with Crippen molar-refractivity contribution in [3.63, 3.8) is 0 Å². The van der Waals surface area contributed by atoms with Crippen molar-refractivity contribution in [3.8, 4) is 0 Å². The third-order valence-electron chi connectivity index (χ3n) is 0. The van der Waals surface area contributed by atoms with Gasteiger partial charge in [-0.05, 0) is 0 Å². The van der Waals surface area contributed by atoms with E-state index in [4.69, 9.17) is 47.3 Å². The zero-order chi connectivity index (χ0) is 8.00. The molecule has 0 aromatic carbocycles. The first kappa shape index (κ1) is 48.5. The molecule has 0 fully saturated rings. The zero-order valence-electron chi connectivity index (χ0n) is 5.11. The average molecular weight is 248 g/mol. The molecule has 0 atom stereocenters. The monoisotopic (exact) mass is 247 g/mol. The van der Waals surface area contributed by atoms with Gasteiger partial charge < -0.3 is 47.3 Å². The van der Waals surface area contributed by atoms with Gasteiger partial charge in [-0.25, -0.2) is 0 Å². The van der Waals surface area contributed by atoms with Gasteiger partial charge in [0.2, 0.25) is 0 Å². The molecule has 0 aliphatic heterocycles. The van der Waals surface area contributed by atoms with Crippen molar-refractivity contribution >= 4 is 58.2 Å². The Hall–Kier alpha value is 0.259. The molecule has 0 aliphatic rings. The fourth-order valence-electron chi connectivity index (χ4n) is 0. The van der Waals surface area contributed by atoms with Crippen molar-refractivity contribution in [2.45, 2.75) is 0 Å². The summed E-state index contributed by atoms with van der Waals surface area (Å²) in [6, 6.07) is 0. The summed E-state index contributed by atoms with van der Waals surface area (Å²) in [5, 5.41) is 25.0. The van der Waals surface area contributed by atoms with Gasteiger partial charge in [0.05, 0.1) is 0 Å². The Balaban J connectivity index is -0.00000000500. The van der Waals surface area contributed by atoms with Crippen LogP contribution in [0.1, 0.15) is 0 Å². The molecule has 0 amide bonds. The van der Waals surface area contributed by atoms with E-state index >= 15 is 0 Å². The second-order valence-electron chi connectivity index (χ2n) is 0. The number of hydrogen-bond donors (Lipinski definition) is 0. The Morgan fingerprint density at radius 1 is 0.500 bits per heavy atom. The molecule has 1 radical (unpaired) electrons. The first-order chi connectivity index (χ1) is 4.00. The SMILES string of the molecule is [C-]#N.[C-]#N.[C-]#N.[C-]#N.[Ni].[Rb]. The maximum Gasteiger partial charge on any atom is 0 e. The van der Waals surface area contributed by atoms with Gasteiger partial charge in [0.25, 0.3) is 0 Å². The molecule has 0 rings (SSSR count). The second kappa shape index (κ2) is 9440. The molecule has 0 aliphatic carbocycles. The summed E-state index contributed by atoms with van der Waals surface area (Å²) in [6.07, 6.45) is 0. The molecule has 10 heavy (non-hydrogen) atoms. The van der Waals surface area contributed by atoms with E-state index in [-0.39, 0.29) is 74.7 Å². The maximum atomic E-state index is 6.25. The molecule has 0 N–H and O–H groups in total. The average Bonchev–Trinajstić information content (AvgIpc) is 2.03. The van der Waals surface area contributed by atoms with E-state index < -0.39 is 0 Å². The van der Waals surface area contributed by atoms with Gasteiger partial charge in [-0.3, -0.25) is 0 Å². The van der Waals surface area contributed by atoms with Crippen LogP contribution in [-0.2, 0) is 16.5 Å². The first-order valence-corrected chi connectivity index (χ1v) is 0.894. The van der Waals surface area contributed by atoms with Crippen LogP contribution < -0.4 is 0 Å². The maximum absolute atomic E-state index is 6.25. The predicted octanol–water partition coefficient (Wildman–Crippen LogP) is 0.00218. The summed E-state index contributed by atoms with van der Waals surface area (Å²) in [5.74, 6) is 0. The summed E-state index contributed by atoms with van der Waals surface area (Å²) < 4.78 is 0. The van der Waals surface area contributed by atoms with Crippen molar-refractivity contribution in [3.05, 3.63) is 26.3 Å². The van der Waals surface area contributed by atoms with Gasteiger partial charge in [0.15, 0.2) is 0 Å². The molecule has 0 saturated heterocycles. The van der Waals surface area contributed by atoms with Gasteiger partial charge in [-0.15, -0.1) is 0 Å². The molecule has 4 nitrogen and oxygen atoms in total. The minimum atomic E-state index is 0. The molecule has 6 heteroatoms. The molecular formula is C4N4NiRb-4. The van der Waals surface area contributed by atoms with Crippen LogP contribution in [0.4, 0.5) is 0 Å². The molecular weight excluding hydrogens is 248 g/mol. The van der Waals surface area contributed by atoms with E-state index in [1.54, 1.807) is 0 Å². The van der Waals surface area contributed by atoms with Gasteiger partial charge in [0.1, 0.15) is 0 Å².